The Labute approximate surface area is 121 Å². The van der Waals surface area contributed by atoms with Gasteiger partial charge in [-0.2, -0.15) is 0 Å². The molecule has 6 nitrogen and oxygen atoms in total. The van der Waals surface area contributed by atoms with Gasteiger partial charge in [-0.3, -0.25) is 0 Å². The molecule has 0 unspecified atom stereocenters. The highest BCUT2D eigenvalue weighted by molar-refractivity contribution is 5.58. The van der Waals surface area contributed by atoms with Gasteiger partial charge in [0.25, 0.3) is 5.85 Å². The molecule has 7 heteroatoms. The second-order valence-electron chi connectivity index (χ2n) is 5.43. The summed E-state index contributed by atoms with van der Waals surface area (Å²) in [4.78, 5) is 1.71. The number of aliphatic hydroxyl groups excluding tert-OH is 3. The Bertz CT molecular complexity index is 522. The van der Waals surface area contributed by atoms with E-state index in [1.54, 1.807) is 4.90 Å². The molecule has 0 bridgehead atoms. The summed E-state index contributed by atoms with van der Waals surface area (Å²) in [7, 11) is 0. The number of nitrogens with zero attached hydrogens (tertiary/aromatic N) is 1. The molecule has 1 aromatic carbocycles. The molecule has 1 fully saturated rings. The van der Waals surface area contributed by atoms with Gasteiger partial charge in [0.1, 0.15) is 18.3 Å². The fourth-order valence-electron chi connectivity index (χ4n) is 2.99. The van der Waals surface area contributed by atoms with Gasteiger partial charge >= 0.3 is 0 Å². The summed E-state index contributed by atoms with van der Waals surface area (Å²) < 4.78 is 19.3. The molecule has 2 aliphatic rings. The number of fused-ring (bicyclic) bond motifs is 1. The number of hydrogen-bond acceptors (Lipinski definition) is 6. The minimum Gasteiger partial charge on any atom is -0.393 e. The quantitative estimate of drug-likeness (QED) is 0.568. The highest BCUT2D eigenvalue weighted by atomic mass is 19.2. The molecule has 116 valence electrons. The first kappa shape index (κ1) is 14.7. The van der Waals surface area contributed by atoms with E-state index in [0.29, 0.717) is 6.54 Å². The fraction of sp³-hybridized carbons (Fsp3) is 0.571. The van der Waals surface area contributed by atoms with Gasteiger partial charge in [-0.05, 0) is 18.1 Å². The predicted molar refractivity (Wildman–Crippen MR) is 71.3 cm³/mol. The van der Waals surface area contributed by atoms with Crippen molar-refractivity contribution in [1.29, 1.82) is 0 Å². The molecule has 0 spiro atoms. The number of hydrogen-bond donors (Lipinski definition) is 4. The third kappa shape index (κ3) is 2.21. The summed E-state index contributed by atoms with van der Waals surface area (Å²) >= 11 is 0. The maximum atomic E-state index is 14.0. The van der Waals surface area contributed by atoms with E-state index in [1.165, 1.54) is 0 Å². The summed E-state index contributed by atoms with van der Waals surface area (Å²) in [5.74, 6) is -3.19. The Morgan fingerprint density at radius 2 is 2.05 bits per heavy atom. The standard InChI is InChI=1S/C14H18FNO5/c15-14(20)10(7-17)21-13(11(18)12(14)19)16-6-5-8-3-1-2-4-9(8)16/h1-4,10-13,17-20H,5-7H2/t10-,11-,12-,13-,14-/m1/s1. The Hall–Kier alpha value is -1.25. The van der Waals surface area contributed by atoms with Crippen molar-refractivity contribution in [1.82, 2.24) is 0 Å². The van der Waals surface area contributed by atoms with Crippen LogP contribution in [0.3, 0.4) is 0 Å². The van der Waals surface area contributed by atoms with Gasteiger partial charge < -0.3 is 30.1 Å². The highest BCUT2D eigenvalue weighted by Gasteiger charge is 2.57. The predicted octanol–water partition coefficient (Wildman–Crippen LogP) is -0.854. The number of aliphatic hydroxyl groups is 4. The average molecular weight is 299 g/mol. The van der Waals surface area contributed by atoms with Crippen molar-refractivity contribution in [3.05, 3.63) is 29.8 Å². The van der Waals surface area contributed by atoms with Crippen molar-refractivity contribution in [3.63, 3.8) is 0 Å². The molecule has 0 aromatic heterocycles. The Morgan fingerprint density at radius 3 is 2.76 bits per heavy atom. The molecular formula is C14H18FNO5. The van der Waals surface area contributed by atoms with Crippen molar-refractivity contribution >= 4 is 5.69 Å². The van der Waals surface area contributed by atoms with Crippen LogP contribution in [0.15, 0.2) is 24.3 Å². The van der Waals surface area contributed by atoms with Crippen molar-refractivity contribution in [2.75, 3.05) is 18.1 Å². The van der Waals surface area contributed by atoms with Crippen molar-refractivity contribution in [2.45, 2.75) is 36.8 Å². The lowest BCUT2D eigenvalue weighted by atomic mass is 9.95. The van der Waals surface area contributed by atoms with Crippen LogP contribution in [-0.4, -0.2) is 64.0 Å². The first-order valence-electron chi connectivity index (χ1n) is 6.85. The lowest BCUT2D eigenvalue weighted by Gasteiger charge is -2.46. The fourth-order valence-corrected chi connectivity index (χ4v) is 2.99. The van der Waals surface area contributed by atoms with Gasteiger partial charge in [0.2, 0.25) is 0 Å². The minimum absolute atomic E-state index is 0.538. The SMILES string of the molecule is OC[C@H]1O[C@@H](N2CCc3ccccc32)[C@H](O)[C@@H](O)[C@@]1(O)F. The van der Waals surface area contributed by atoms with Crippen LogP contribution in [0.5, 0.6) is 0 Å². The van der Waals surface area contributed by atoms with Crippen LogP contribution in [0.25, 0.3) is 0 Å². The zero-order chi connectivity index (χ0) is 15.2. The molecule has 0 saturated carbocycles. The molecule has 0 amide bonds. The zero-order valence-corrected chi connectivity index (χ0v) is 11.3. The molecule has 21 heavy (non-hydrogen) atoms. The van der Waals surface area contributed by atoms with E-state index in [0.717, 1.165) is 17.7 Å². The molecular weight excluding hydrogens is 281 g/mol. The monoisotopic (exact) mass is 299 g/mol. The average Bonchev–Trinajstić information content (AvgIpc) is 2.89. The Kier molecular flexibility index (Phi) is 3.62. The Morgan fingerprint density at radius 1 is 1.33 bits per heavy atom. The van der Waals surface area contributed by atoms with E-state index < -0.39 is 37.0 Å². The number of para-hydroxylation sites is 1. The van der Waals surface area contributed by atoms with E-state index in [9.17, 15) is 19.7 Å². The molecule has 1 saturated heterocycles. The molecule has 2 heterocycles. The van der Waals surface area contributed by atoms with Gasteiger partial charge in [0.05, 0.1) is 6.61 Å². The third-order valence-electron chi connectivity index (χ3n) is 4.18. The molecule has 5 atom stereocenters. The summed E-state index contributed by atoms with van der Waals surface area (Å²) in [6.45, 7) is -0.264. The van der Waals surface area contributed by atoms with E-state index in [4.69, 9.17) is 9.84 Å². The first-order valence-corrected chi connectivity index (χ1v) is 6.85. The van der Waals surface area contributed by atoms with Gasteiger partial charge in [-0.1, -0.05) is 18.2 Å². The minimum atomic E-state index is -3.19. The second-order valence-corrected chi connectivity index (χ2v) is 5.43. The normalized spacial score (nSPS) is 39.4. The van der Waals surface area contributed by atoms with Crippen LogP contribution in [0, 0.1) is 0 Å². The Balaban J connectivity index is 1.90. The van der Waals surface area contributed by atoms with Crippen molar-refractivity contribution in [2.24, 2.45) is 0 Å². The van der Waals surface area contributed by atoms with Gasteiger partial charge in [0.15, 0.2) is 6.23 Å². The highest BCUT2D eigenvalue weighted by Crippen LogP contribution is 2.37. The number of alkyl halides is 1. The molecule has 0 aliphatic carbocycles. The third-order valence-corrected chi connectivity index (χ3v) is 4.18. The zero-order valence-electron chi connectivity index (χ0n) is 11.3. The summed E-state index contributed by atoms with van der Waals surface area (Å²) in [5.41, 5.74) is 1.89. The van der Waals surface area contributed by atoms with Crippen LogP contribution in [0.2, 0.25) is 0 Å². The van der Waals surface area contributed by atoms with Gasteiger partial charge in [-0.25, -0.2) is 4.39 Å². The smallest absolute Gasteiger partial charge is 0.264 e. The van der Waals surface area contributed by atoms with Crippen LogP contribution >= 0.6 is 0 Å². The van der Waals surface area contributed by atoms with Crippen LogP contribution in [0.1, 0.15) is 5.56 Å². The van der Waals surface area contributed by atoms with Crippen LogP contribution in [-0.2, 0) is 11.2 Å². The van der Waals surface area contributed by atoms with E-state index in [2.05, 4.69) is 0 Å². The lowest BCUT2D eigenvalue weighted by Crippen LogP contribution is -2.68. The van der Waals surface area contributed by atoms with Crippen LogP contribution < -0.4 is 4.90 Å². The number of benzene rings is 1. The maximum absolute atomic E-state index is 14.0. The molecule has 4 N–H and O–H groups in total. The van der Waals surface area contributed by atoms with E-state index >= 15 is 0 Å². The summed E-state index contributed by atoms with van der Waals surface area (Å²) in [6, 6.07) is 7.51. The number of ether oxygens (including phenoxy) is 1. The van der Waals surface area contributed by atoms with E-state index in [-0.39, 0.29) is 0 Å². The first-order chi connectivity index (χ1) is 9.96. The lowest BCUT2D eigenvalue weighted by molar-refractivity contribution is -0.322. The van der Waals surface area contributed by atoms with Gasteiger partial charge in [-0.15, -0.1) is 0 Å². The van der Waals surface area contributed by atoms with E-state index in [1.807, 2.05) is 24.3 Å². The maximum Gasteiger partial charge on any atom is 0.264 e. The number of anilines is 1. The molecule has 3 rings (SSSR count). The van der Waals surface area contributed by atoms with Gasteiger partial charge in [0, 0.05) is 12.2 Å². The number of halogens is 1. The molecule has 1 aromatic rings. The topological polar surface area (TPSA) is 93.4 Å². The molecule has 0 radical (unpaired) electrons. The number of rotatable bonds is 2. The largest absolute Gasteiger partial charge is 0.393 e. The van der Waals surface area contributed by atoms with Crippen LogP contribution in [0.4, 0.5) is 10.1 Å². The molecule has 2 aliphatic heterocycles. The second kappa shape index (κ2) is 5.19. The summed E-state index contributed by atoms with van der Waals surface area (Å²) in [6.07, 6.45) is -5.59. The van der Waals surface area contributed by atoms with Crippen molar-refractivity contribution < 1.29 is 29.6 Å². The summed E-state index contributed by atoms with van der Waals surface area (Å²) in [5, 5.41) is 38.6. The van der Waals surface area contributed by atoms with Crippen molar-refractivity contribution in [3.8, 4) is 0 Å².